The zero-order chi connectivity index (χ0) is 15.0. The Morgan fingerprint density at radius 2 is 1.95 bits per heavy atom. The molecule has 0 saturated heterocycles. The summed E-state index contributed by atoms with van der Waals surface area (Å²) in [7, 11) is 1.88. The Hall–Kier alpha value is -1.91. The van der Waals surface area contributed by atoms with Gasteiger partial charge in [-0.05, 0) is 56.3 Å². The topological polar surface area (TPSA) is 42.7 Å². The molecule has 0 saturated carbocycles. The van der Waals surface area contributed by atoms with Gasteiger partial charge in [-0.15, -0.1) is 0 Å². The Kier molecular flexibility index (Phi) is 3.66. The molecule has 0 amide bonds. The number of hydrogen-bond acceptors (Lipinski definition) is 3. The van der Waals surface area contributed by atoms with Crippen molar-refractivity contribution in [2.45, 2.75) is 20.4 Å². The SMILES string of the molecule is CNCc1nc(-n2cnc3cc(C)c(C)cc32)ccc1Cl. The van der Waals surface area contributed by atoms with E-state index in [0.29, 0.717) is 11.6 Å². The molecule has 5 heteroatoms. The second-order valence-electron chi connectivity index (χ2n) is 5.17. The van der Waals surface area contributed by atoms with Gasteiger partial charge in [0, 0.05) is 6.54 Å². The van der Waals surface area contributed by atoms with Gasteiger partial charge in [-0.25, -0.2) is 9.97 Å². The van der Waals surface area contributed by atoms with E-state index >= 15 is 0 Å². The highest BCUT2D eigenvalue weighted by molar-refractivity contribution is 6.31. The Morgan fingerprint density at radius 1 is 1.19 bits per heavy atom. The van der Waals surface area contributed by atoms with Crippen molar-refractivity contribution in [3.05, 3.63) is 52.4 Å². The third kappa shape index (κ3) is 2.52. The van der Waals surface area contributed by atoms with Gasteiger partial charge in [0.2, 0.25) is 0 Å². The number of imidazole rings is 1. The normalized spacial score (nSPS) is 11.2. The number of rotatable bonds is 3. The van der Waals surface area contributed by atoms with Crippen LogP contribution in [0.5, 0.6) is 0 Å². The Morgan fingerprint density at radius 3 is 2.71 bits per heavy atom. The number of benzene rings is 1. The molecule has 2 aromatic heterocycles. The minimum absolute atomic E-state index is 0.636. The lowest BCUT2D eigenvalue weighted by Gasteiger charge is -2.08. The zero-order valence-electron chi connectivity index (χ0n) is 12.3. The first-order valence-corrected chi connectivity index (χ1v) is 7.22. The van der Waals surface area contributed by atoms with E-state index in [1.807, 2.05) is 30.1 Å². The molecule has 2 heterocycles. The first-order valence-electron chi connectivity index (χ1n) is 6.85. The van der Waals surface area contributed by atoms with Gasteiger partial charge in [-0.2, -0.15) is 0 Å². The van der Waals surface area contributed by atoms with E-state index in [4.69, 9.17) is 11.6 Å². The van der Waals surface area contributed by atoms with Crippen molar-refractivity contribution in [1.29, 1.82) is 0 Å². The summed E-state index contributed by atoms with van der Waals surface area (Å²) in [5, 5.41) is 3.75. The highest BCUT2D eigenvalue weighted by atomic mass is 35.5. The monoisotopic (exact) mass is 300 g/mol. The molecule has 0 radical (unpaired) electrons. The highest BCUT2D eigenvalue weighted by Gasteiger charge is 2.09. The van der Waals surface area contributed by atoms with Gasteiger partial charge in [0.1, 0.15) is 12.1 Å². The van der Waals surface area contributed by atoms with Crippen LogP contribution in [0.1, 0.15) is 16.8 Å². The molecule has 0 spiro atoms. The van der Waals surface area contributed by atoms with Crippen molar-refractivity contribution in [2.75, 3.05) is 7.05 Å². The third-order valence-electron chi connectivity index (χ3n) is 3.66. The standard InChI is InChI=1S/C16H17ClN4/c1-10-6-13-15(7-11(10)2)21(9-19-13)16-5-4-12(17)14(20-16)8-18-3/h4-7,9,18H,8H2,1-3H3. The van der Waals surface area contributed by atoms with E-state index in [9.17, 15) is 0 Å². The van der Waals surface area contributed by atoms with Crippen molar-refractivity contribution < 1.29 is 0 Å². The summed E-state index contributed by atoms with van der Waals surface area (Å²) >= 11 is 6.17. The number of fused-ring (bicyclic) bond motifs is 1. The third-order valence-corrected chi connectivity index (χ3v) is 4.00. The first-order chi connectivity index (χ1) is 10.1. The molecule has 0 aliphatic carbocycles. The van der Waals surface area contributed by atoms with Gasteiger partial charge in [0.15, 0.2) is 0 Å². The van der Waals surface area contributed by atoms with Crippen LogP contribution in [0.15, 0.2) is 30.6 Å². The molecule has 1 aromatic carbocycles. The maximum Gasteiger partial charge on any atom is 0.138 e. The summed E-state index contributed by atoms with van der Waals surface area (Å²) in [5.74, 6) is 0.829. The van der Waals surface area contributed by atoms with Crippen LogP contribution in [-0.4, -0.2) is 21.6 Å². The number of aryl methyl sites for hydroxylation is 2. The van der Waals surface area contributed by atoms with Gasteiger partial charge < -0.3 is 5.32 Å². The van der Waals surface area contributed by atoms with Gasteiger partial charge in [0.25, 0.3) is 0 Å². The molecular weight excluding hydrogens is 284 g/mol. The molecular formula is C16H17ClN4. The Labute approximate surface area is 128 Å². The van der Waals surface area contributed by atoms with Crippen molar-refractivity contribution in [3.8, 4) is 5.82 Å². The summed E-state index contributed by atoms with van der Waals surface area (Å²) in [6, 6.07) is 8.04. The summed E-state index contributed by atoms with van der Waals surface area (Å²) in [6.07, 6.45) is 1.81. The minimum Gasteiger partial charge on any atom is -0.314 e. The lowest BCUT2D eigenvalue weighted by atomic mass is 10.1. The molecule has 0 bridgehead atoms. The number of aromatic nitrogens is 3. The molecule has 0 unspecified atom stereocenters. The summed E-state index contributed by atoms with van der Waals surface area (Å²) in [4.78, 5) is 9.10. The van der Waals surface area contributed by atoms with Crippen molar-refractivity contribution in [3.63, 3.8) is 0 Å². The largest absolute Gasteiger partial charge is 0.314 e. The smallest absolute Gasteiger partial charge is 0.138 e. The van der Waals surface area contributed by atoms with E-state index in [0.717, 1.165) is 22.5 Å². The second-order valence-corrected chi connectivity index (χ2v) is 5.58. The van der Waals surface area contributed by atoms with Crippen molar-refractivity contribution >= 4 is 22.6 Å². The van der Waals surface area contributed by atoms with Crippen LogP contribution in [0.2, 0.25) is 5.02 Å². The maximum atomic E-state index is 6.17. The minimum atomic E-state index is 0.636. The fraction of sp³-hybridized carbons (Fsp3) is 0.250. The van der Waals surface area contributed by atoms with Crippen LogP contribution >= 0.6 is 11.6 Å². The summed E-state index contributed by atoms with van der Waals surface area (Å²) < 4.78 is 2.00. The lowest BCUT2D eigenvalue weighted by molar-refractivity contribution is 0.785. The fourth-order valence-electron chi connectivity index (χ4n) is 2.35. The summed E-state index contributed by atoms with van der Waals surface area (Å²) in [6.45, 7) is 4.84. The number of nitrogens with one attached hydrogen (secondary N) is 1. The number of pyridine rings is 1. The van der Waals surface area contributed by atoms with E-state index in [1.54, 1.807) is 0 Å². The van der Waals surface area contributed by atoms with Crippen molar-refractivity contribution in [1.82, 2.24) is 19.9 Å². The quantitative estimate of drug-likeness (QED) is 0.806. The van der Waals surface area contributed by atoms with Crippen molar-refractivity contribution in [2.24, 2.45) is 0 Å². The maximum absolute atomic E-state index is 6.17. The Balaban J connectivity index is 2.16. The molecule has 0 aliphatic rings. The molecule has 1 N–H and O–H groups in total. The molecule has 0 fully saturated rings. The van der Waals surface area contributed by atoms with Crippen LogP contribution in [0, 0.1) is 13.8 Å². The summed E-state index contributed by atoms with van der Waals surface area (Å²) in [5.41, 5.74) is 5.36. The predicted octanol–water partition coefficient (Wildman–Crippen LogP) is 3.41. The Bertz CT molecular complexity index is 807. The second kappa shape index (κ2) is 5.47. The van der Waals surface area contributed by atoms with Gasteiger partial charge in [-0.1, -0.05) is 11.6 Å². The molecule has 108 valence electrons. The molecule has 3 aromatic rings. The molecule has 0 atom stereocenters. The van der Waals surface area contributed by atoms with Crippen LogP contribution in [0.3, 0.4) is 0 Å². The number of halogens is 1. The predicted molar refractivity (Wildman–Crippen MR) is 86.1 cm³/mol. The van der Waals surface area contributed by atoms with E-state index < -0.39 is 0 Å². The highest BCUT2D eigenvalue weighted by Crippen LogP contribution is 2.22. The van der Waals surface area contributed by atoms with Crippen LogP contribution in [-0.2, 0) is 6.54 Å². The molecule has 21 heavy (non-hydrogen) atoms. The lowest BCUT2D eigenvalue weighted by Crippen LogP contribution is -2.09. The van der Waals surface area contributed by atoms with E-state index in [-0.39, 0.29) is 0 Å². The van der Waals surface area contributed by atoms with Gasteiger partial charge >= 0.3 is 0 Å². The average Bonchev–Trinajstić information content (AvgIpc) is 2.85. The van der Waals surface area contributed by atoms with Crippen LogP contribution in [0.4, 0.5) is 0 Å². The molecule has 3 rings (SSSR count). The molecule has 4 nitrogen and oxygen atoms in total. The van der Waals surface area contributed by atoms with E-state index in [2.05, 4.69) is 41.3 Å². The fourth-order valence-corrected chi connectivity index (χ4v) is 2.52. The number of nitrogens with zero attached hydrogens (tertiary/aromatic N) is 3. The van der Waals surface area contributed by atoms with Gasteiger partial charge in [-0.3, -0.25) is 4.57 Å². The van der Waals surface area contributed by atoms with Crippen LogP contribution in [0.25, 0.3) is 16.9 Å². The van der Waals surface area contributed by atoms with Gasteiger partial charge in [0.05, 0.1) is 21.7 Å². The molecule has 0 aliphatic heterocycles. The first kappa shape index (κ1) is 14.0. The van der Waals surface area contributed by atoms with Crippen LogP contribution < -0.4 is 5.32 Å². The zero-order valence-corrected chi connectivity index (χ0v) is 13.1. The average molecular weight is 301 g/mol. The van der Waals surface area contributed by atoms with E-state index in [1.165, 1.54) is 11.1 Å². The number of hydrogen-bond donors (Lipinski definition) is 1.